The highest BCUT2D eigenvalue weighted by Crippen LogP contribution is 1.96. The predicted octanol–water partition coefficient (Wildman–Crippen LogP) is -3.86. The van der Waals surface area contributed by atoms with Crippen LogP contribution in [0.4, 0.5) is 0 Å². The summed E-state index contributed by atoms with van der Waals surface area (Å²) in [5, 5.41) is 4.10. The summed E-state index contributed by atoms with van der Waals surface area (Å²) in [6.45, 7) is 3.28. The summed E-state index contributed by atoms with van der Waals surface area (Å²) in [5.74, 6) is 0. The lowest BCUT2D eigenvalue weighted by molar-refractivity contribution is -1.63. The summed E-state index contributed by atoms with van der Waals surface area (Å²) >= 11 is -3.76. The van der Waals surface area contributed by atoms with Crippen LogP contribution in [0.25, 0.3) is 0 Å². The number of rotatable bonds is 4. The van der Waals surface area contributed by atoms with E-state index in [4.69, 9.17) is 10.3 Å². The van der Waals surface area contributed by atoms with Crippen LogP contribution in [0, 0.1) is 0 Å². The molecule has 1 rings (SSSR count). The first-order valence-electron chi connectivity index (χ1n) is 4.38. The smallest absolute Gasteiger partial charge is 0.396 e. The Morgan fingerprint density at radius 2 is 2.07 bits per heavy atom. The van der Waals surface area contributed by atoms with Gasteiger partial charge in [-0.15, -0.1) is 0 Å². The van der Waals surface area contributed by atoms with Crippen molar-refractivity contribution in [2.75, 3.05) is 0 Å². The maximum atomic E-state index is 8.68. The molecule has 0 radical (unpaired) electrons. The van der Waals surface area contributed by atoms with Gasteiger partial charge in [0.2, 0.25) is 0 Å². The molecule has 0 aliphatic rings. The van der Waals surface area contributed by atoms with Gasteiger partial charge in [-0.05, 0) is 15.9 Å². The van der Waals surface area contributed by atoms with Gasteiger partial charge < -0.3 is 6.87 Å². The van der Waals surface area contributed by atoms with Crippen molar-refractivity contribution in [1.82, 2.24) is 9.78 Å². The van der Waals surface area contributed by atoms with E-state index in [1.165, 1.54) is 19.3 Å². The van der Waals surface area contributed by atoms with Gasteiger partial charge in [0, 0.05) is 18.9 Å². The monoisotopic (exact) mass is 314 g/mol. The zero-order valence-electron chi connectivity index (χ0n) is 8.10. The van der Waals surface area contributed by atoms with Crippen LogP contribution < -0.4 is 27.9 Å². The molecule has 0 unspecified atom stereocenters. The lowest BCUT2D eigenvalue weighted by atomic mass is 10.2. The van der Waals surface area contributed by atoms with Gasteiger partial charge in [-0.3, -0.25) is 4.68 Å². The molecule has 0 fully saturated rings. The third-order valence-corrected chi connectivity index (χ3v) is 1.55. The molecule has 0 aliphatic carbocycles. The van der Waals surface area contributed by atoms with Crippen LogP contribution in [-0.2, 0) is 6.54 Å². The molecular weight excluding hydrogens is 299 g/mol. The van der Waals surface area contributed by atoms with Crippen molar-refractivity contribution in [3.8, 4) is 0 Å². The standard InChI is InChI=1S/C8H14N2.HIO3/c1-2-3-4-7-10-8-5-6-9-10;2-1(3)4/h5-6,8H,2-4,7H2,1H3;2H. The van der Waals surface area contributed by atoms with E-state index in [9.17, 15) is 0 Å². The quantitative estimate of drug-likeness (QED) is 0.455. The van der Waals surface area contributed by atoms with Gasteiger partial charge in [0.15, 0.2) is 0 Å². The minimum Gasteiger partial charge on any atom is -0.396 e. The number of unbranched alkanes of at least 4 members (excludes halogenated alkanes) is 2. The maximum absolute atomic E-state index is 8.68. The van der Waals surface area contributed by atoms with E-state index in [0.717, 1.165) is 6.54 Å². The summed E-state index contributed by atoms with van der Waals surface area (Å²) in [5.41, 5.74) is 0. The summed E-state index contributed by atoms with van der Waals surface area (Å²) in [6.07, 6.45) is 7.67. The van der Waals surface area contributed by atoms with Gasteiger partial charge >= 0.3 is 21.1 Å². The molecule has 0 aromatic carbocycles. The average Bonchev–Trinajstić information content (AvgIpc) is 2.56. The molecule has 0 spiro atoms. The molecule has 0 aliphatic heterocycles. The zero-order chi connectivity index (χ0) is 10.8. The Morgan fingerprint density at radius 1 is 1.43 bits per heavy atom. The Labute approximate surface area is 92.4 Å². The van der Waals surface area contributed by atoms with Crippen molar-refractivity contribution in [1.29, 1.82) is 0 Å². The van der Waals surface area contributed by atoms with Crippen molar-refractivity contribution in [2.45, 2.75) is 32.7 Å². The van der Waals surface area contributed by atoms with Gasteiger partial charge in [0.25, 0.3) is 0 Å². The summed E-state index contributed by atoms with van der Waals surface area (Å²) in [6, 6.07) is 1.96. The van der Waals surface area contributed by atoms with E-state index in [-0.39, 0.29) is 0 Å². The summed E-state index contributed by atoms with van der Waals surface area (Å²) in [4.78, 5) is 0. The van der Waals surface area contributed by atoms with Crippen molar-refractivity contribution in [2.24, 2.45) is 0 Å². The normalized spacial score (nSPS) is 9.79. The molecular formula is C8H15IN2O3. The van der Waals surface area contributed by atoms with Crippen LogP contribution >= 0.6 is 0 Å². The molecule has 1 aromatic rings. The first-order valence-corrected chi connectivity index (χ1v) is 7.11. The number of aryl methyl sites for hydroxylation is 1. The Morgan fingerprint density at radius 3 is 2.50 bits per heavy atom. The summed E-state index contributed by atoms with van der Waals surface area (Å²) in [7, 11) is 0. The van der Waals surface area contributed by atoms with E-state index in [2.05, 4.69) is 12.0 Å². The van der Waals surface area contributed by atoms with Gasteiger partial charge in [0.1, 0.15) is 0 Å². The largest absolute Gasteiger partial charge is 0.503 e. The topological polar surface area (TPSA) is 84.2 Å². The van der Waals surface area contributed by atoms with Crippen molar-refractivity contribution in [3.63, 3.8) is 0 Å². The van der Waals surface area contributed by atoms with Crippen LogP contribution in [0.1, 0.15) is 26.2 Å². The van der Waals surface area contributed by atoms with Gasteiger partial charge in [-0.25, -0.2) is 0 Å². The second-order valence-electron chi connectivity index (χ2n) is 2.68. The van der Waals surface area contributed by atoms with E-state index in [1.54, 1.807) is 0 Å². The van der Waals surface area contributed by atoms with Crippen LogP contribution in [-0.4, -0.2) is 13.2 Å². The first kappa shape index (κ1) is 13.8. The molecule has 1 heterocycles. The second-order valence-corrected chi connectivity index (χ2v) is 3.82. The Kier molecular flexibility index (Phi) is 9.26. The molecule has 0 saturated carbocycles. The van der Waals surface area contributed by atoms with Gasteiger partial charge in [-0.2, -0.15) is 5.10 Å². The number of hydrogen-bond acceptors (Lipinski definition) is 4. The zero-order valence-corrected chi connectivity index (χ0v) is 10.3. The fourth-order valence-corrected chi connectivity index (χ4v) is 0.957. The van der Waals surface area contributed by atoms with Crippen LogP contribution in [0.15, 0.2) is 18.5 Å². The molecule has 0 saturated heterocycles. The van der Waals surface area contributed by atoms with Crippen LogP contribution in [0.3, 0.4) is 0 Å². The average molecular weight is 314 g/mol. The lowest BCUT2D eigenvalue weighted by Gasteiger charge is -1.97. The maximum Gasteiger partial charge on any atom is 0.503 e. The van der Waals surface area contributed by atoms with E-state index < -0.39 is 21.1 Å². The Bertz CT molecular complexity index is 202. The van der Waals surface area contributed by atoms with Crippen LogP contribution in [0.5, 0.6) is 0 Å². The fourth-order valence-electron chi connectivity index (χ4n) is 0.957. The van der Waals surface area contributed by atoms with Gasteiger partial charge in [-0.1, -0.05) is 19.8 Å². The highest BCUT2D eigenvalue weighted by atomic mass is 127. The fraction of sp³-hybridized carbons (Fsp3) is 0.625. The third-order valence-electron chi connectivity index (χ3n) is 1.55. The Balaban J connectivity index is 0.000000364. The molecule has 1 aromatic heterocycles. The van der Waals surface area contributed by atoms with Crippen LogP contribution in [0.2, 0.25) is 0 Å². The van der Waals surface area contributed by atoms with E-state index in [1.807, 2.05) is 23.1 Å². The highest BCUT2D eigenvalue weighted by Gasteiger charge is 1.90. The van der Waals surface area contributed by atoms with Gasteiger partial charge in [0.05, 0.1) is 0 Å². The molecule has 5 nitrogen and oxygen atoms in total. The minimum atomic E-state index is -3.76. The summed E-state index contributed by atoms with van der Waals surface area (Å²) < 4.78 is 26.5. The first-order chi connectivity index (χ1) is 6.66. The molecule has 0 amide bonds. The molecule has 0 atom stereocenters. The number of aromatic nitrogens is 2. The second kappa shape index (κ2) is 9.38. The highest BCUT2D eigenvalue weighted by molar-refractivity contribution is 4.77. The molecule has 6 heteroatoms. The van der Waals surface area contributed by atoms with Crippen molar-refractivity contribution < 1.29 is 31.4 Å². The minimum absolute atomic E-state index is 1.07. The van der Waals surface area contributed by atoms with Crippen molar-refractivity contribution >= 4 is 0 Å². The molecule has 14 heavy (non-hydrogen) atoms. The molecule has 1 N–H and O–H groups in total. The van der Waals surface area contributed by atoms with Crippen molar-refractivity contribution in [3.05, 3.63) is 18.5 Å². The predicted molar refractivity (Wildman–Crippen MR) is 44.0 cm³/mol. The van der Waals surface area contributed by atoms with E-state index in [0.29, 0.717) is 0 Å². The third kappa shape index (κ3) is 9.90. The SMILES string of the molecule is CCCCCn1cccn1.[O-][I+2]([O-])O. The number of halogens is 1. The molecule has 0 bridgehead atoms. The van der Waals surface area contributed by atoms with E-state index >= 15 is 0 Å². The number of nitrogens with zero attached hydrogens (tertiary/aromatic N) is 2. The Hall–Kier alpha value is -0.180. The number of hydrogen-bond donors (Lipinski definition) is 1. The molecule has 82 valence electrons. The lowest BCUT2D eigenvalue weighted by Crippen LogP contribution is -3.98.